The lowest BCUT2D eigenvalue weighted by molar-refractivity contribution is -0.141. The zero-order valence-corrected chi connectivity index (χ0v) is 15.0. The molecule has 5 heteroatoms. The number of carbonyl (C=O) groups is 1. The van der Waals surface area contributed by atoms with Gasteiger partial charge in [-0.1, -0.05) is 6.08 Å². The third-order valence-electron chi connectivity index (χ3n) is 5.99. The number of pyridine rings is 1. The molecule has 1 unspecified atom stereocenters. The molecule has 0 saturated carbocycles. The van der Waals surface area contributed by atoms with Gasteiger partial charge in [-0.15, -0.1) is 6.58 Å². The fourth-order valence-corrected chi connectivity index (χ4v) is 4.64. The summed E-state index contributed by atoms with van der Waals surface area (Å²) in [6, 6.07) is 7.96. The first-order chi connectivity index (χ1) is 12.7. The minimum atomic E-state index is -0.307. The topological polar surface area (TPSA) is 51.7 Å². The van der Waals surface area contributed by atoms with Crippen LogP contribution in [0.25, 0.3) is 10.9 Å². The molecule has 0 radical (unpaired) electrons. The van der Waals surface area contributed by atoms with Crippen molar-refractivity contribution in [2.75, 3.05) is 20.2 Å². The maximum atomic E-state index is 11.3. The third kappa shape index (κ3) is 2.86. The first-order valence-electron chi connectivity index (χ1n) is 9.13. The van der Waals surface area contributed by atoms with E-state index in [1.165, 1.54) is 6.42 Å². The number of piperidine rings is 3. The van der Waals surface area contributed by atoms with Crippen molar-refractivity contribution in [1.29, 1.82) is 0 Å². The summed E-state index contributed by atoms with van der Waals surface area (Å²) in [7, 11) is 1.65. The predicted octanol–water partition coefficient (Wildman–Crippen LogP) is 3.35. The SMILES string of the molecule is C=C[C@@H]1CN2CC[C@H]1C[C@@H]2[C@@H](OC=O)c1ccnc2ccc(OC)cc12. The van der Waals surface area contributed by atoms with E-state index in [1.807, 2.05) is 24.3 Å². The quantitative estimate of drug-likeness (QED) is 0.589. The molecule has 5 rings (SSSR count). The number of aromatic nitrogens is 1. The molecule has 3 aliphatic rings. The highest BCUT2D eigenvalue weighted by atomic mass is 16.5. The molecule has 26 heavy (non-hydrogen) atoms. The van der Waals surface area contributed by atoms with E-state index in [4.69, 9.17) is 9.47 Å². The molecule has 0 spiro atoms. The van der Waals surface area contributed by atoms with Gasteiger partial charge in [-0.3, -0.25) is 14.7 Å². The molecule has 5 atom stereocenters. The second-order valence-corrected chi connectivity index (χ2v) is 7.18. The molecule has 1 aromatic heterocycles. The first kappa shape index (κ1) is 17.0. The van der Waals surface area contributed by atoms with E-state index >= 15 is 0 Å². The van der Waals surface area contributed by atoms with Gasteiger partial charge in [-0.05, 0) is 55.5 Å². The molecule has 4 heterocycles. The zero-order chi connectivity index (χ0) is 18.1. The molecule has 3 aliphatic heterocycles. The van der Waals surface area contributed by atoms with E-state index < -0.39 is 0 Å². The van der Waals surface area contributed by atoms with Gasteiger partial charge in [0.1, 0.15) is 11.9 Å². The highest BCUT2D eigenvalue weighted by molar-refractivity contribution is 5.84. The summed E-state index contributed by atoms with van der Waals surface area (Å²) in [5.41, 5.74) is 1.87. The minimum Gasteiger partial charge on any atom is -0.497 e. The lowest BCUT2D eigenvalue weighted by Crippen LogP contribution is -2.55. The zero-order valence-electron chi connectivity index (χ0n) is 15.0. The smallest absolute Gasteiger partial charge is 0.293 e. The standard InChI is InChI=1S/C21H24N2O3/c1-3-14-12-23-9-7-15(14)10-20(23)21(26-13-24)17-6-8-22-19-5-4-16(25-2)11-18(17)19/h3-6,8,11,13-15,20-21H,1,7,9-10,12H2,2H3/t14-,15+,20-,21+/m1/s1. The van der Waals surface area contributed by atoms with Crippen LogP contribution in [0.2, 0.25) is 0 Å². The van der Waals surface area contributed by atoms with E-state index in [-0.39, 0.29) is 12.1 Å². The van der Waals surface area contributed by atoms with E-state index in [0.717, 1.165) is 41.7 Å². The highest BCUT2D eigenvalue weighted by Crippen LogP contribution is 2.43. The average molecular weight is 352 g/mol. The van der Waals surface area contributed by atoms with Crippen LogP contribution in [0.3, 0.4) is 0 Å². The Balaban J connectivity index is 1.75. The van der Waals surface area contributed by atoms with Gasteiger partial charge < -0.3 is 9.47 Å². The molecular formula is C21H24N2O3. The maximum absolute atomic E-state index is 11.3. The Kier molecular flexibility index (Phi) is 4.64. The molecule has 3 fully saturated rings. The van der Waals surface area contributed by atoms with Crippen LogP contribution >= 0.6 is 0 Å². The monoisotopic (exact) mass is 352 g/mol. The predicted molar refractivity (Wildman–Crippen MR) is 100.0 cm³/mol. The molecule has 5 nitrogen and oxygen atoms in total. The van der Waals surface area contributed by atoms with E-state index in [2.05, 4.69) is 22.5 Å². The van der Waals surface area contributed by atoms with Crippen molar-refractivity contribution in [2.24, 2.45) is 11.8 Å². The number of methoxy groups -OCH3 is 1. The number of ether oxygens (including phenoxy) is 2. The number of fused-ring (bicyclic) bond motifs is 4. The number of hydrogen-bond donors (Lipinski definition) is 0. The summed E-state index contributed by atoms with van der Waals surface area (Å²) in [5.74, 6) is 1.92. The van der Waals surface area contributed by atoms with Crippen molar-refractivity contribution in [3.63, 3.8) is 0 Å². The van der Waals surface area contributed by atoms with Crippen molar-refractivity contribution < 1.29 is 14.3 Å². The minimum absolute atomic E-state index is 0.187. The van der Waals surface area contributed by atoms with Crippen LogP contribution in [0.1, 0.15) is 24.5 Å². The van der Waals surface area contributed by atoms with E-state index in [9.17, 15) is 4.79 Å². The summed E-state index contributed by atoms with van der Waals surface area (Å²) in [4.78, 5) is 18.2. The normalized spacial score (nSPS) is 28.5. The summed E-state index contributed by atoms with van der Waals surface area (Å²) < 4.78 is 11.0. The molecule has 1 aromatic carbocycles. The second-order valence-electron chi connectivity index (χ2n) is 7.18. The number of rotatable bonds is 6. The Labute approximate surface area is 153 Å². The molecular weight excluding hydrogens is 328 g/mol. The van der Waals surface area contributed by atoms with Crippen molar-refractivity contribution in [3.05, 3.63) is 48.7 Å². The Morgan fingerprint density at radius 1 is 1.38 bits per heavy atom. The molecule has 0 N–H and O–H groups in total. The van der Waals surface area contributed by atoms with Gasteiger partial charge in [0.05, 0.1) is 18.7 Å². The summed E-state index contributed by atoms with van der Waals surface area (Å²) in [6.07, 6.45) is 5.76. The molecule has 3 saturated heterocycles. The Morgan fingerprint density at radius 2 is 2.27 bits per heavy atom. The van der Waals surface area contributed by atoms with Gasteiger partial charge >= 0.3 is 0 Å². The van der Waals surface area contributed by atoms with E-state index in [0.29, 0.717) is 18.3 Å². The number of carbonyl (C=O) groups excluding carboxylic acids is 1. The lowest BCUT2D eigenvalue weighted by atomic mass is 9.73. The van der Waals surface area contributed by atoms with Crippen LogP contribution in [0.15, 0.2) is 43.1 Å². The van der Waals surface area contributed by atoms with Gasteiger partial charge in [0.15, 0.2) is 0 Å². The van der Waals surface area contributed by atoms with Crippen molar-refractivity contribution in [2.45, 2.75) is 25.0 Å². The van der Waals surface area contributed by atoms with Gasteiger partial charge in [-0.2, -0.15) is 0 Å². The van der Waals surface area contributed by atoms with Crippen molar-refractivity contribution in [3.8, 4) is 5.75 Å². The maximum Gasteiger partial charge on any atom is 0.293 e. The number of nitrogens with zero attached hydrogens (tertiary/aromatic N) is 2. The Morgan fingerprint density at radius 3 is 2.96 bits per heavy atom. The fraction of sp³-hybridized carbons (Fsp3) is 0.429. The second kappa shape index (κ2) is 7.08. The molecule has 2 aromatic rings. The van der Waals surface area contributed by atoms with Crippen LogP contribution in [0.4, 0.5) is 0 Å². The Bertz CT molecular complexity index is 822. The van der Waals surface area contributed by atoms with Crippen LogP contribution in [0.5, 0.6) is 5.75 Å². The van der Waals surface area contributed by atoms with Crippen LogP contribution in [0, 0.1) is 11.8 Å². The fourth-order valence-electron chi connectivity index (χ4n) is 4.64. The highest BCUT2D eigenvalue weighted by Gasteiger charge is 2.43. The molecule has 136 valence electrons. The van der Waals surface area contributed by atoms with Gasteiger partial charge in [0, 0.05) is 23.7 Å². The Hall–Kier alpha value is -2.40. The van der Waals surface area contributed by atoms with E-state index in [1.54, 1.807) is 13.3 Å². The molecule has 0 amide bonds. The number of hydrogen-bond acceptors (Lipinski definition) is 5. The van der Waals surface area contributed by atoms with Crippen molar-refractivity contribution >= 4 is 17.4 Å². The molecule has 2 bridgehead atoms. The summed E-state index contributed by atoms with van der Waals surface area (Å²) >= 11 is 0. The van der Waals surface area contributed by atoms with Crippen molar-refractivity contribution in [1.82, 2.24) is 9.88 Å². The van der Waals surface area contributed by atoms with Crippen LogP contribution in [-0.4, -0.2) is 42.6 Å². The summed E-state index contributed by atoms with van der Waals surface area (Å²) in [5, 5.41) is 0.974. The van der Waals surface area contributed by atoms with Gasteiger partial charge in [0.25, 0.3) is 6.47 Å². The largest absolute Gasteiger partial charge is 0.497 e. The van der Waals surface area contributed by atoms with Crippen LogP contribution < -0.4 is 4.74 Å². The van der Waals surface area contributed by atoms with Gasteiger partial charge in [0.2, 0.25) is 0 Å². The third-order valence-corrected chi connectivity index (χ3v) is 5.99. The lowest BCUT2D eigenvalue weighted by Gasteiger charge is -2.51. The average Bonchev–Trinajstić information content (AvgIpc) is 2.71. The number of benzene rings is 1. The first-order valence-corrected chi connectivity index (χ1v) is 9.13. The molecule has 0 aliphatic carbocycles. The van der Waals surface area contributed by atoms with Gasteiger partial charge in [-0.25, -0.2) is 0 Å². The van der Waals surface area contributed by atoms with Crippen LogP contribution in [-0.2, 0) is 9.53 Å². The summed E-state index contributed by atoms with van der Waals surface area (Å²) in [6.45, 7) is 6.60.